The summed E-state index contributed by atoms with van der Waals surface area (Å²) in [6, 6.07) is 4.57. The van der Waals surface area contributed by atoms with Gasteiger partial charge in [0.2, 0.25) is 0 Å². The Morgan fingerprint density at radius 3 is 2.23 bits per heavy atom. The predicted octanol–water partition coefficient (Wildman–Crippen LogP) is 3.93. The first-order chi connectivity index (χ1) is 9.68. The number of aliphatic carboxylic acids is 1. The quantitative estimate of drug-likeness (QED) is 0.915. The van der Waals surface area contributed by atoms with Crippen molar-refractivity contribution in [1.29, 1.82) is 0 Å². The van der Waals surface area contributed by atoms with Crippen molar-refractivity contribution in [3.8, 4) is 0 Å². The first-order valence-electron chi connectivity index (χ1n) is 7.74. The minimum atomic E-state index is -0.658. The molecule has 22 heavy (non-hydrogen) atoms. The van der Waals surface area contributed by atoms with Gasteiger partial charge < -0.3 is 5.11 Å². The van der Waals surface area contributed by atoms with Crippen molar-refractivity contribution < 1.29 is 9.90 Å². The molecule has 1 aliphatic heterocycles. The molecule has 1 aliphatic rings. The molecule has 3 nitrogen and oxygen atoms in total. The van der Waals surface area contributed by atoms with E-state index in [1.165, 1.54) is 22.3 Å². The Hall–Kier alpha value is -1.06. The monoisotopic (exact) mass is 325 g/mol. The van der Waals surface area contributed by atoms with Gasteiger partial charge in [0.1, 0.15) is 0 Å². The van der Waals surface area contributed by atoms with Crippen LogP contribution in [0.1, 0.15) is 49.4 Å². The van der Waals surface area contributed by atoms with Gasteiger partial charge in [-0.2, -0.15) is 0 Å². The Balaban J connectivity index is 0.00000242. The van der Waals surface area contributed by atoms with Gasteiger partial charge in [0.05, 0.1) is 5.92 Å². The van der Waals surface area contributed by atoms with Crippen LogP contribution in [0.5, 0.6) is 0 Å². The van der Waals surface area contributed by atoms with E-state index in [-0.39, 0.29) is 23.7 Å². The van der Waals surface area contributed by atoms with E-state index < -0.39 is 5.97 Å². The molecule has 1 N–H and O–H groups in total. The molecule has 1 aromatic carbocycles. The van der Waals surface area contributed by atoms with Gasteiger partial charge in [-0.05, 0) is 54.5 Å². The lowest BCUT2D eigenvalue weighted by Crippen LogP contribution is -2.24. The van der Waals surface area contributed by atoms with Crippen molar-refractivity contribution in [2.45, 2.75) is 53.0 Å². The Bertz CT molecular complexity index is 526. The average Bonchev–Trinajstić information content (AvgIpc) is 2.81. The normalized spacial score (nSPS) is 19.0. The molecule has 0 spiro atoms. The molecular formula is C18H28ClNO2. The molecule has 1 heterocycles. The van der Waals surface area contributed by atoms with E-state index in [4.69, 9.17) is 5.11 Å². The molecule has 4 heteroatoms. The van der Waals surface area contributed by atoms with Crippen LogP contribution in [-0.2, 0) is 16.8 Å². The molecule has 0 saturated carbocycles. The number of benzene rings is 1. The number of rotatable bonds is 3. The topological polar surface area (TPSA) is 40.5 Å². The first kappa shape index (κ1) is 19.0. The predicted molar refractivity (Wildman–Crippen MR) is 92.9 cm³/mol. The number of carboxylic acid groups (broad SMARTS) is 1. The molecule has 1 fully saturated rings. The van der Waals surface area contributed by atoms with Crippen LogP contribution in [0.15, 0.2) is 12.1 Å². The third kappa shape index (κ3) is 4.23. The van der Waals surface area contributed by atoms with Crippen molar-refractivity contribution in [2.75, 3.05) is 13.1 Å². The van der Waals surface area contributed by atoms with Crippen LogP contribution in [0.4, 0.5) is 0 Å². The highest BCUT2D eigenvalue weighted by Gasteiger charge is 2.28. The minimum absolute atomic E-state index is 0. The maximum Gasteiger partial charge on any atom is 0.307 e. The van der Waals surface area contributed by atoms with Crippen LogP contribution >= 0.6 is 12.4 Å². The van der Waals surface area contributed by atoms with Gasteiger partial charge in [0.25, 0.3) is 0 Å². The fourth-order valence-corrected chi connectivity index (χ4v) is 3.08. The highest BCUT2D eigenvalue weighted by Crippen LogP contribution is 2.28. The zero-order valence-corrected chi connectivity index (χ0v) is 15.1. The second-order valence-corrected chi connectivity index (χ2v) is 7.40. The molecule has 0 amide bonds. The van der Waals surface area contributed by atoms with E-state index in [9.17, 15) is 4.79 Å². The van der Waals surface area contributed by atoms with Crippen LogP contribution < -0.4 is 0 Å². The van der Waals surface area contributed by atoms with Gasteiger partial charge in [-0.3, -0.25) is 9.69 Å². The second kappa shape index (κ2) is 7.01. The van der Waals surface area contributed by atoms with E-state index in [1.807, 2.05) is 0 Å². The Morgan fingerprint density at radius 2 is 1.82 bits per heavy atom. The summed E-state index contributed by atoms with van der Waals surface area (Å²) in [6.45, 7) is 13.5. The molecular weight excluding hydrogens is 298 g/mol. The van der Waals surface area contributed by atoms with Gasteiger partial charge >= 0.3 is 5.97 Å². The van der Waals surface area contributed by atoms with E-state index >= 15 is 0 Å². The number of carboxylic acids is 1. The summed E-state index contributed by atoms with van der Waals surface area (Å²) < 4.78 is 0. The summed E-state index contributed by atoms with van der Waals surface area (Å²) in [6.07, 6.45) is 0.771. The first-order valence-corrected chi connectivity index (χ1v) is 7.74. The lowest BCUT2D eigenvalue weighted by atomic mass is 9.84. The molecule has 1 unspecified atom stereocenters. The zero-order chi connectivity index (χ0) is 15.8. The third-order valence-electron chi connectivity index (χ3n) is 4.57. The fraction of sp³-hybridized carbons (Fsp3) is 0.611. The van der Waals surface area contributed by atoms with Gasteiger partial charge in [-0.15, -0.1) is 12.4 Å². The molecule has 0 radical (unpaired) electrons. The van der Waals surface area contributed by atoms with Crippen LogP contribution in [0.2, 0.25) is 0 Å². The van der Waals surface area contributed by atoms with E-state index in [1.54, 1.807) is 0 Å². The molecule has 0 aliphatic carbocycles. The Morgan fingerprint density at radius 1 is 1.27 bits per heavy atom. The van der Waals surface area contributed by atoms with Gasteiger partial charge in [0.15, 0.2) is 0 Å². The molecule has 0 bridgehead atoms. The van der Waals surface area contributed by atoms with Crippen molar-refractivity contribution in [3.63, 3.8) is 0 Å². The fourth-order valence-electron chi connectivity index (χ4n) is 3.08. The highest BCUT2D eigenvalue weighted by molar-refractivity contribution is 5.85. The molecule has 1 saturated heterocycles. The highest BCUT2D eigenvalue weighted by atomic mass is 35.5. The Labute approximate surface area is 140 Å². The van der Waals surface area contributed by atoms with E-state index in [0.717, 1.165) is 19.5 Å². The number of aryl methyl sites for hydroxylation is 2. The standard InChI is InChI=1S/C18H27NO2.ClH/c1-12-8-15(18(3,4)5)9-13(2)16(12)11-19-7-6-14(10-19)17(20)21;/h8-9,14H,6-7,10-11H2,1-5H3,(H,20,21);1H. The zero-order valence-electron chi connectivity index (χ0n) is 14.3. The molecule has 0 aromatic heterocycles. The largest absolute Gasteiger partial charge is 0.481 e. The Kier molecular flexibility index (Phi) is 6.05. The summed E-state index contributed by atoms with van der Waals surface area (Å²) in [5.74, 6) is -0.853. The number of carbonyl (C=O) groups is 1. The minimum Gasteiger partial charge on any atom is -0.481 e. The maximum absolute atomic E-state index is 11.1. The maximum atomic E-state index is 11.1. The number of hydrogen-bond donors (Lipinski definition) is 1. The van der Waals surface area contributed by atoms with Gasteiger partial charge in [0, 0.05) is 13.1 Å². The molecule has 124 valence electrons. The molecule has 1 aromatic rings. The van der Waals surface area contributed by atoms with E-state index in [0.29, 0.717) is 6.54 Å². The summed E-state index contributed by atoms with van der Waals surface area (Å²) in [5, 5.41) is 9.11. The van der Waals surface area contributed by atoms with Crippen LogP contribution in [0.3, 0.4) is 0 Å². The van der Waals surface area contributed by atoms with Crippen LogP contribution in [-0.4, -0.2) is 29.1 Å². The summed E-state index contributed by atoms with van der Waals surface area (Å²) in [4.78, 5) is 13.3. The van der Waals surface area contributed by atoms with Gasteiger partial charge in [-0.25, -0.2) is 0 Å². The third-order valence-corrected chi connectivity index (χ3v) is 4.57. The summed E-state index contributed by atoms with van der Waals surface area (Å²) >= 11 is 0. The lowest BCUT2D eigenvalue weighted by molar-refractivity contribution is -0.141. The van der Waals surface area contributed by atoms with E-state index in [2.05, 4.69) is 51.7 Å². The summed E-state index contributed by atoms with van der Waals surface area (Å²) in [7, 11) is 0. The van der Waals surface area contributed by atoms with Crippen LogP contribution in [0, 0.1) is 19.8 Å². The number of hydrogen-bond acceptors (Lipinski definition) is 2. The molecule has 2 rings (SSSR count). The summed E-state index contributed by atoms with van der Waals surface area (Å²) in [5.41, 5.74) is 5.52. The lowest BCUT2D eigenvalue weighted by Gasteiger charge is -2.24. The van der Waals surface area contributed by atoms with Gasteiger partial charge in [-0.1, -0.05) is 32.9 Å². The van der Waals surface area contributed by atoms with Crippen molar-refractivity contribution in [1.82, 2.24) is 4.90 Å². The number of nitrogens with zero attached hydrogens (tertiary/aromatic N) is 1. The smallest absolute Gasteiger partial charge is 0.307 e. The van der Waals surface area contributed by atoms with Crippen molar-refractivity contribution in [2.24, 2.45) is 5.92 Å². The van der Waals surface area contributed by atoms with Crippen LogP contribution in [0.25, 0.3) is 0 Å². The van der Waals surface area contributed by atoms with Crippen molar-refractivity contribution >= 4 is 18.4 Å². The van der Waals surface area contributed by atoms with Crippen molar-refractivity contribution in [3.05, 3.63) is 34.4 Å². The molecule has 1 atom stereocenters. The number of likely N-dealkylation sites (tertiary alicyclic amines) is 1. The SMILES string of the molecule is Cc1cc(C(C)(C)C)cc(C)c1CN1CCC(C(=O)O)C1.Cl. The second-order valence-electron chi connectivity index (χ2n) is 7.40. The average molecular weight is 326 g/mol. The number of halogens is 1.